The van der Waals surface area contributed by atoms with Crippen LogP contribution >= 0.6 is 35.7 Å². The molecule has 1 aromatic carbocycles. The van der Waals surface area contributed by atoms with E-state index in [1.54, 1.807) is 11.8 Å². The fraction of sp³-hybridized carbons (Fsp3) is 0.556. The van der Waals surface area contributed by atoms with Crippen molar-refractivity contribution in [1.82, 2.24) is 15.5 Å². The molecule has 0 aliphatic heterocycles. The Balaban J connectivity index is 0.00000576. The van der Waals surface area contributed by atoms with E-state index < -0.39 is 0 Å². The zero-order valence-corrected chi connectivity index (χ0v) is 19.2. The number of thioether (sulfide) groups is 1. The van der Waals surface area contributed by atoms with Gasteiger partial charge in [-0.25, -0.2) is 4.99 Å². The minimum absolute atomic E-state index is 0. The lowest BCUT2D eigenvalue weighted by molar-refractivity contribution is -0.121. The maximum Gasteiger partial charge on any atom is 0.242 e. The Hall–Kier alpha value is -0.960. The fourth-order valence-corrected chi connectivity index (χ4v) is 2.56. The van der Waals surface area contributed by atoms with Crippen molar-refractivity contribution in [2.75, 3.05) is 26.4 Å². The van der Waals surface area contributed by atoms with Gasteiger partial charge in [-0.1, -0.05) is 12.1 Å². The van der Waals surface area contributed by atoms with Crippen molar-refractivity contribution in [3.8, 4) is 0 Å². The molecule has 25 heavy (non-hydrogen) atoms. The Kier molecular flexibility index (Phi) is 11.2. The molecule has 142 valence electrons. The molecule has 0 aromatic heterocycles. The number of halogens is 1. The van der Waals surface area contributed by atoms with Crippen molar-refractivity contribution in [3.05, 3.63) is 29.8 Å². The monoisotopic (exact) mass is 478 g/mol. The van der Waals surface area contributed by atoms with Gasteiger partial charge in [-0.3, -0.25) is 4.79 Å². The Morgan fingerprint density at radius 2 is 1.84 bits per heavy atom. The molecule has 0 radical (unpaired) electrons. The average molecular weight is 478 g/mol. The summed E-state index contributed by atoms with van der Waals surface area (Å²) in [6, 6.07) is 8.49. The van der Waals surface area contributed by atoms with Crippen LogP contribution in [0.5, 0.6) is 0 Å². The van der Waals surface area contributed by atoms with Crippen LogP contribution in [0, 0.1) is 0 Å². The van der Waals surface area contributed by atoms with Crippen molar-refractivity contribution in [2.45, 2.75) is 44.7 Å². The van der Waals surface area contributed by atoms with Crippen LogP contribution in [0.4, 0.5) is 0 Å². The lowest BCUT2D eigenvalue weighted by Crippen LogP contribution is -2.43. The number of rotatable bonds is 6. The normalized spacial score (nSPS) is 11.5. The molecule has 0 aliphatic carbocycles. The van der Waals surface area contributed by atoms with E-state index >= 15 is 0 Å². The van der Waals surface area contributed by atoms with Crippen molar-refractivity contribution >= 4 is 47.6 Å². The van der Waals surface area contributed by atoms with Gasteiger partial charge in [-0.05, 0) is 51.6 Å². The molecule has 1 rings (SSSR count). The van der Waals surface area contributed by atoms with Crippen molar-refractivity contribution in [2.24, 2.45) is 4.99 Å². The van der Waals surface area contributed by atoms with Gasteiger partial charge in [-0.2, -0.15) is 0 Å². The highest BCUT2D eigenvalue weighted by molar-refractivity contribution is 14.0. The topological polar surface area (TPSA) is 56.7 Å². The first-order valence-electron chi connectivity index (χ1n) is 8.18. The third-order valence-electron chi connectivity index (χ3n) is 3.16. The van der Waals surface area contributed by atoms with E-state index in [0.29, 0.717) is 0 Å². The predicted octanol–water partition coefficient (Wildman–Crippen LogP) is 3.34. The van der Waals surface area contributed by atoms with E-state index in [1.165, 1.54) is 10.5 Å². The molecule has 1 amide bonds. The first kappa shape index (κ1) is 24.0. The van der Waals surface area contributed by atoms with Gasteiger partial charge in [0.2, 0.25) is 5.91 Å². The molecular weight excluding hydrogens is 447 g/mol. The maximum absolute atomic E-state index is 12.0. The zero-order chi connectivity index (χ0) is 18.2. The summed E-state index contributed by atoms with van der Waals surface area (Å²) < 4.78 is 0. The van der Waals surface area contributed by atoms with Crippen LogP contribution < -0.4 is 10.6 Å². The number of aliphatic imine (C=N–C) groups is 1. The molecule has 0 atom stereocenters. The highest BCUT2D eigenvalue weighted by Gasteiger charge is 2.14. The molecule has 0 fully saturated rings. The van der Waals surface area contributed by atoms with E-state index in [2.05, 4.69) is 46.1 Å². The number of guanidine groups is 1. The van der Waals surface area contributed by atoms with Crippen molar-refractivity contribution < 1.29 is 4.79 Å². The fourth-order valence-electron chi connectivity index (χ4n) is 2.15. The standard InChI is InChI=1S/C18H30N4OS.HI/c1-7-19-17(20-12-16(23)21-18(2,3)4)22(5)13-14-8-10-15(24-6)11-9-14;/h8-11H,7,12-13H2,1-6H3,(H,19,20)(H,21,23);1H. The van der Waals surface area contributed by atoms with E-state index in [-0.39, 0.29) is 42.0 Å². The third-order valence-corrected chi connectivity index (χ3v) is 3.91. The Morgan fingerprint density at radius 1 is 1.24 bits per heavy atom. The summed E-state index contributed by atoms with van der Waals surface area (Å²) in [5, 5.41) is 6.16. The van der Waals surface area contributed by atoms with Gasteiger partial charge in [0, 0.05) is 30.6 Å². The second-order valence-corrected chi connectivity index (χ2v) is 7.55. The SMILES string of the molecule is CCNC(=NCC(=O)NC(C)(C)C)N(C)Cc1ccc(SC)cc1.I. The van der Waals surface area contributed by atoms with Crippen LogP contribution in [0.3, 0.4) is 0 Å². The number of benzene rings is 1. The smallest absolute Gasteiger partial charge is 0.242 e. The second kappa shape index (κ2) is 11.6. The molecule has 7 heteroatoms. The van der Waals surface area contributed by atoms with Crippen LogP contribution in [0.15, 0.2) is 34.2 Å². The Morgan fingerprint density at radius 3 is 2.32 bits per heavy atom. The molecule has 0 bridgehead atoms. The quantitative estimate of drug-likeness (QED) is 0.285. The molecule has 0 saturated carbocycles. The van der Waals surface area contributed by atoms with Crippen LogP contribution in [-0.4, -0.2) is 48.7 Å². The number of carbonyl (C=O) groups excluding carboxylic acids is 1. The molecular formula is C18H31IN4OS. The van der Waals surface area contributed by atoms with Gasteiger partial charge in [0.05, 0.1) is 0 Å². The third kappa shape index (κ3) is 9.94. The van der Waals surface area contributed by atoms with E-state index in [1.807, 2.05) is 39.6 Å². The maximum atomic E-state index is 12.0. The number of nitrogens with one attached hydrogen (secondary N) is 2. The van der Waals surface area contributed by atoms with Crippen LogP contribution in [0.1, 0.15) is 33.3 Å². The predicted molar refractivity (Wildman–Crippen MR) is 119 cm³/mol. The number of hydrogen-bond donors (Lipinski definition) is 2. The van der Waals surface area contributed by atoms with Crippen molar-refractivity contribution in [3.63, 3.8) is 0 Å². The summed E-state index contributed by atoms with van der Waals surface area (Å²) in [4.78, 5) is 19.7. The zero-order valence-electron chi connectivity index (χ0n) is 16.0. The molecule has 2 N–H and O–H groups in total. The van der Waals surface area contributed by atoms with Gasteiger partial charge in [0.15, 0.2) is 5.96 Å². The highest BCUT2D eigenvalue weighted by atomic mass is 127. The molecule has 0 spiro atoms. The van der Waals surface area contributed by atoms with E-state index in [4.69, 9.17) is 0 Å². The summed E-state index contributed by atoms with van der Waals surface area (Å²) >= 11 is 1.73. The first-order chi connectivity index (χ1) is 11.2. The van der Waals surface area contributed by atoms with Gasteiger partial charge in [-0.15, -0.1) is 35.7 Å². The first-order valence-corrected chi connectivity index (χ1v) is 9.41. The highest BCUT2D eigenvalue weighted by Crippen LogP contribution is 2.15. The molecule has 0 heterocycles. The molecule has 1 aromatic rings. The molecule has 0 aliphatic rings. The average Bonchev–Trinajstić information content (AvgIpc) is 2.50. The number of nitrogens with zero attached hydrogens (tertiary/aromatic N) is 2. The van der Waals surface area contributed by atoms with E-state index in [9.17, 15) is 4.79 Å². The second-order valence-electron chi connectivity index (χ2n) is 6.67. The largest absolute Gasteiger partial charge is 0.357 e. The minimum atomic E-state index is -0.240. The van der Waals surface area contributed by atoms with Crippen LogP contribution in [-0.2, 0) is 11.3 Å². The lowest BCUT2D eigenvalue weighted by Gasteiger charge is -2.23. The number of hydrogen-bond acceptors (Lipinski definition) is 3. The van der Waals surface area contributed by atoms with Gasteiger partial charge in [0.25, 0.3) is 0 Å². The lowest BCUT2D eigenvalue weighted by atomic mass is 10.1. The van der Waals surface area contributed by atoms with Crippen LogP contribution in [0.25, 0.3) is 0 Å². The number of amides is 1. The van der Waals surface area contributed by atoms with Crippen molar-refractivity contribution in [1.29, 1.82) is 0 Å². The van der Waals surface area contributed by atoms with Crippen LogP contribution in [0.2, 0.25) is 0 Å². The Bertz CT molecular complexity index is 555. The molecule has 5 nitrogen and oxygen atoms in total. The summed E-state index contributed by atoms with van der Waals surface area (Å²) in [6.07, 6.45) is 2.07. The van der Waals surface area contributed by atoms with Gasteiger partial charge in [0.1, 0.15) is 6.54 Å². The molecule has 0 unspecified atom stereocenters. The van der Waals surface area contributed by atoms with E-state index in [0.717, 1.165) is 19.0 Å². The summed E-state index contributed by atoms with van der Waals surface area (Å²) in [7, 11) is 1.98. The van der Waals surface area contributed by atoms with Gasteiger partial charge >= 0.3 is 0 Å². The Labute approximate surface area is 173 Å². The summed E-state index contributed by atoms with van der Waals surface area (Å²) in [5.41, 5.74) is 0.968. The summed E-state index contributed by atoms with van der Waals surface area (Å²) in [5.74, 6) is 0.658. The summed E-state index contributed by atoms with van der Waals surface area (Å²) in [6.45, 7) is 9.52. The number of carbonyl (C=O) groups is 1. The van der Waals surface area contributed by atoms with Gasteiger partial charge < -0.3 is 15.5 Å². The molecule has 0 saturated heterocycles. The minimum Gasteiger partial charge on any atom is -0.357 e.